The number of nitrogens with one attached hydrogen (secondary N) is 1. The van der Waals surface area contributed by atoms with Crippen molar-refractivity contribution in [3.63, 3.8) is 0 Å². The summed E-state index contributed by atoms with van der Waals surface area (Å²) in [5, 5.41) is 8.81. The molecule has 0 atom stereocenters. The number of hydrogen-bond donors (Lipinski definition) is 1. The van der Waals surface area contributed by atoms with Crippen LogP contribution in [0.15, 0.2) is 29.6 Å². The van der Waals surface area contributed by atoms with Gasteiger partial charge in [-0.1, -0.05) is 17.7 Å². The summed E-state index contributed by atoms with van der Waals surface area (Å²) in [5.74, 6) is -1.10. The number of aromatic nitrogens is 3. The van der Waals surface area contributed by atoms with Gasteiger partial charge in [0.1, 0.15) is 12.4 Å². The fraction of sp³-hybridized carbons (Fsp3) is 0.375. The molecule has 0 spiro atoms. The number of carbonyl (C=O) groups excluding carboxylic acids is 3. The molecule has 202 valence electrons. The minimum absolute atomic E-state index is 0.0356. The van der Waals surface area contributed by atoms with Crippen LogP contribution in [0.1, 0.15) is 52.4 Å². The minimum Gasteiger partial charge on any atom is -0.424 e. The first kappa shape index (κ1) is 27.6. The Kier molecular flexibility index (Phi) is 8.07. The summed E-state index contributed by atoms with van der Waals surface area (Å²) >= 11 is 7.45. The Morgan fingerprint density at radius 1 is 1.24 bits per heavy atom. The molecule has 1 aliphatic rings. The Bertz CT molecular complexity index is 1370. The number of nitrogens with zero attached hydrogens (tertiary/aromatic N) is 4. The molecule has 1 aliphatic heterocycles. The third-order valence-electron chi connectivity index (χ3n) is 5.97. The highest BCUT2D eigenvalue weighted by atomic mass is 35.5. The summed E-state index contributed by atoms with van der Waals surface area (Å²) in [7, 11) is 0. The van der Waals surface area contributed by atoms with Crippen molar-refractivity contribution in [1.82, 2.24) is 19.7 Å². The fourth-order valence-corrected chi connectivity index (χ4v) is 5.20. The molecule has 1 fully saturated rings. The second kappa shape index (κ2) is 11.1. The first-order valence-electron chi connectivity index (χ1n) is 11.6. The maximum atomic E-state index is 12.9. The molecule has 1 N–H and O–H groups in total. The van der Waals surface area contributed by atoms with E-state index in [1.165, 1.54) is 37.3 Å². The van der Waals surface area contributed by atoms with Crippen LogP contribution in [0, 0.1) is 6.92 Å². The van der Waals surface area contributed by atoms with Gasteiger partial charge in [0.05, 0.1) is 15.6 Å². The van der Waals surface area contributed by atoms with Gasteiger partial charge >= 0.3 is 12.1 Å². The Hall–Kier alpha value is -3.45. The average Bonchev–Trinajstić information content (AvgIpc) is 3.47. The summed E-state index contributed by atoms with van der Waals surface area (Å²) in [4.78, 5) is 43.0. The molecule has 1 aromatic carbocycles. The average molecular weight is 570 g/mol. The molecular weight excluding hydrogens is 547 g/mol. The Balaban J connectivity index is 1.34. The van der Waals surface area contributed by atoms with Crippen molar-refractivity contribution in [2.45, 2.75) is 45.3 Å². The maximum Gasteiger partial charge on any atom is 0.435 e. The molecule has 9 nitrogen and oxygen atoms in total. The van der Waals surface area contributed by atoms with Crippen molar-refractivity contribution in [2.24, 2.45) is 0 Å². The number of benzene rings is 1. The summed E-state index contributed by atoms with van der Waals surface area (Å²) in [6.07, 6.45) is -3.34. The molecule has 4 rings (SSSR count). The van der Waals surface area contributed by atoms with E-state index in [0.29, 0.717) is 31.7 Å². The quantitative estimate of drug-likeness (QED) is 0.334. The van der Waals surface area contributed by atoms with E-state index >= 15 is 0 Å². The van der Waals surface area contributed by atoms with E-state index in [4.69, 9.17) is 16.3 Å². The molecule has 2 amide bonds. The van der Waals surface area contributed by atoms with Crippen LogP contribution in [-0.4, -0.2) is 50.5 Å². The lowest BCUT2D eigenvalue weighted by Crippen LogP contribution is -2.40. The third-order valence-corrected chi connectivity index (χ3v) is 7.28. The standard InChI is InChI=1S/C24H23ClF3N5O4S/c1-13-10-18(24(26,27)28)31-33(13)11-20(35)32-8-6-15(7-9-32)23-30-19(12-38-23)29-22(36)16-4-3-5-17(25)21(16)37-14(2)34/h3-5,10,12,15H,6-9,11H2,1-2H3,(H,29,36). The lowest BCUT2D eigenvalue weighted by molar-refractivity contribution is -0.142. The lowest BCUT2D eigenvalue weighted by Gasteiger charge is -2.31. The molecule has 1 saturated heterocycles. The molecule has 0 saturated carbocycles. The summed E-state index contributed by atoms with van der Waals surface area (Å²) in [6, 6.07) is 5.47. The number of hydrogen-bond acceptors (Lipinski definition) is 7. The fourth-order valence-electron chi connectivity index (χ4n) is 4.06. The van der Waals surface area contributed by atoms with Crippen molar-refractivity contribution in [1.29, 1.82) is 0 Å². The van der Waals surface area contributed by atoms with Gasteiger partial charge in [-0.2, -0.15) is 18.3 Å². The second-order valence-electron chi connectivity index (χ2n) is 8.72. The van der Waals surface area contributed by atoms with E-state index in [0.717, 1.165) is 15.8 Å². The van der Waals surface area contributed by atoms with E-state index in [1.54, 1.807) is 16.3 Å². The van der Waals surface area contributed by atoms with Crippen molar-refractivity contribution >= 4 is 46.5 Å². The third kappa shape index (κ3) is 6.33. The first-order chi connectivity index (χ1) is 17.9. The smallest absolute Gasteiger partial charge is 0.424 e. The molecular formula is C24H23ClF3N5O4S. The number of anilines is 1. The zero-order valence-electron chi connectivity index (χ0n) is 20.3. The molecule has 14 heteroatoms. The summed E-state index contributed by atoms with van der Waals surface area (Å²) < 4.78 is 44.8. The van der Waals surface area contributed by atoms with Crippen LogP contribution in [0.3, 0.4) is 0 Å². The van der Waals surface area contributed by atoms with Crippen LogP contribution < -0.4 is 10.1 Å². The zero-order valence-corrected chi connectivity index (χ0v) is 21.9. The largest absolute Gasteiger partial charge is 0.435 e. The van der Waals surface area contributed by atoms with Gasteiger partial charge in [-0.15, -0.1) is 11.3 Å². The van der Waals surface area contributed by atoms with Gasteiger partial charge in [-0.3, -0.25) is 19.1 Å². The van der Waals surface area contributed by atoms with Crippen molar-refractivity contribution < 1.29 is 32.3 Å². The number of para-hydroxylation sites is 1. The number of amides is 2. The minimum atomic E-state index is -4.57. The molecule has 2 aromatic heterocycles. The predicted molar refractivity (Wildman–Crippen MR) is 133 cm³/mol. The van der Waals surface area contributed by atoms with E-state index in [2.05, 4.69) is 15.4 Å². The number of aryl methyl sites for hydroxylation is 1. The molecule has 0 bridgehead atoms. The molecule has 3 heterocycles. The number of thiazole rings is 1. The Morgan fingerprint density at radius 2 is 1.95 bits per heavy atom. The lowest BCUT2D eigenvalue weighted by atomic mass is 9.97. The second-order valence-corrected chi connectivity index (χ2v) is 10.0. The van der Waals surface area contributed by atoms with E-state index in [9.17, 15) is 27.6 Å². The normalized spacial score (nSPS) is 14.4. The molecule has 0 radical (unpaired) electrons. The number of likely N-dealkylation sites (tertiary alicyclic amines) is 1. The van der Waals surface area contributed by atoms with Gasteiger partial charge in [-0.25, -0.2) is 4.98 Å². The van der Waals surface area contributed by atoms with Crippen LogP contribution in [0.25, 0.3) is 0 Å². The van der Waals surface area contributed by atoms with Crippen LogP contribution in [0.2, 0.25) is 5.02 Å². The molecule has 3 aromatic rings. The zero-order chi connectivity index (χ0) is 27.6. The van der Waals surface area contributed by atoms with Crippen LogP contribution in [0.5, 0.6) is 5.75 Å². The number of alkyl halides is 3. The Labute approximate surface area is 224 Å². The predicted octanol–water partition coefficient (Wildman–Crippen LogP) is 4.90. The van der Waals surface area contributed by atoms with Gasteiger partial charge in [0, 0.05) is 37.0 Å². The monoisotopic (exact) mass is 569 g/mol. The highest BCUT2D eigenvalue weighted by molar-refractivity contribution is 7.10. The van der Waals surface area contributed by atoms with Crippen molar-refractivity contribution in [3.05, 3.63) is 56.6 Å². The summed E-state index contributed by atoms with van der Waals surface area (Å²) in [6.45, 7) is 3.26. The highest BCUT2D eigenvalue weighted by Gasteiger charge is 2.35. The Morgan fingerprint density at radius 3 is 2.58 bits per heavy atom. The van der Waals surface area contributed by atoms with E-state index < -0.39 is 23.7 Å². The highest BCUT2D eigenvalue weighted by Crippen LogP contribution is 2.33. The van der Waals surface area contributed by atoms with Crippen molar-refractivity contribution in [2.75, 3.05) is 18.4 Å². The maximum absolute atomic E-state index is 12.9. The van der Waals surface area contributed by atoms with Gasteiger partial charge < -0.3 is 15.0 Å². The number of esters is 1. The van der Waals surface area contributed by atoms with Gasteiger partial charge in [0.2, 0.25) is 5.91 Å². The van der Waals surface area contributed by atoms with Gasteiger partial charge in [0.25, 0.3) is 5.91 Å². The molecule has 0 unspecified atom stereocenters. The SMILES string of the molecule is CC(=O)Oc1c(Cl)cccc1C(=O)Nc1csc(C2CCN(C(=O)Cn3nc(C(F)(F)F)cc3C)CC2)n1. The number of halogens is 4. The number of rotatable bonds is 6. The molecule has 38 heavy (non-hydrogen) atoms. The number of ether oxygens (including phenoxy) is 1. The van der Waals surface area contributed by atoms with Gasteiger partial charge in [0.15, 0.2) is 11.4 Å². The summed E-state index contributed by atoms with van der Waals surface area (Å²) in [5.41, 5.74) is -0.675. The van der Waals surface area contributed by atoms with Crippen LogP contribution in [0.4, 0.5) is 19.0 Å². The molecule has 0 aliphatic carbocycles. The van der Waals surface area contributed by atoms with Crippen LogP contribution >= 0.6 is 22.9 Å². The van der Waals surface area contributed by atoms with Crippen LogP contribution in [-0.2, 0) is 22.3 Å². The van der Waals surface area contributed by atoms with Gasteiger partial charge in [-0.05, 0) is 38.0 Å². The van der Waals surface area contributed by atoms with Crippen molar-refractivity contribution in [3.8, 4) is 5.75 Å². The number of piperidine rings is 1. The first-order valence-corrected chi connectivity index (χ1v) is 12.8. The van der Waals surface area contributed by atoms with E-state index in [-0.39, 0.29) is 40.4 Å². The number of carbonyl (C=O) groups is 3. The van der Waals surface area contributed by atoms with E-state index in [1.807, 2.05) is 0 Å². The topological polar surface area (TPSA) is 106 Å².